The van der Waals surface area contributed by atoms with Crippen LogP contribution in [0.2, 0.25) is 0 Å². The van der Waals surface area contributed by atoms with Gasteiger partial charge in [-0.3, -0.25) is 4.57 Å². The maximum atomic E-state index is 5.80. The van der Waals surface area contributed by atoms with Crippen LogP contribution >= 0.6 is 0 Å². The molecule has 0 atom stereocenters. The molecule has 0 saturated carbocycles. The number of imidazole rings is 1. The molecule has 0 aliphatic carbocycles. The van der Waals surface area contributed by atoms with Crippen molar-refractivity contribution in [2.75, 3.05) is 25.6 Å². The molecule has 0 fully saturated rings. The zero-order valence-corrected chi connectivity index (χ0v) is 18.0. The molecule has 1 N–H and O–H groups in total. The molecular weight excluding hydrogens is 416 g/mol. The summed E-state index contributed by atoms with van der Waals surface area (Å²) in [4.78, 5) is 18.4. The summed E-state index contributed by atoms with van der Waals surface area (Å²) >= 11 is 0. The number of hydrogen-bond donors (Lipinski definition) is 1. The number of fused-ring (bicyclic) bond motifs is 1. The van der Waals surface area contributed by atoms with Crippen molar-refractivity contribution in [3.05, 3.63) is 85.3 Å². The van der Waals surface area contributed by atoms with Crippen LogP contribution in [0.3, 0.4) is 0 Å². The molecule has 0 saturated heterocycles. The lowest BCUT2D eigenvalue weighted by Crippen LogP contribution is -2.13. The number of pyridine rings is 1. The minimum atomic E-state index is 0.480. The average Bonchev–Trinajstić information content (AvgIpc) is 3.32. The Bertz CT molecular complexity index is 1340. The van der Waals surface area contributed by atoms with Crippen LogP contribution in [-0.4, -0.2) is 44.8 Å². The molecule has 0 bridgehead atoms. The average molecular weight is 438 g/mol. The number of aromatic nitrogens is 5. The number of ether oxygens (including phenoxy) is 2. The van der Waals surface area contributed by atoms with Crippen molar-refractivity contribution < 1.29 is 9.47 Å². The fourth-order valence-corrected chi connectivity index (χ4v) is 3.42. The van der Waals surface area contributed by atoms with Gasteiger partial charge in [-0.05, 0) is 30.3 Å². The second kappa shape index (κ2) is 9.35. The molecule has 0 aliphatic heterocycles. The third-order valence-corrected chi connectivity index (χ3v) is 5.04. The van der Waals surface area contributed by atoms with Gasteiger partial charge in [0.1, 0.15) is 18.7 Å². The van der Waals surface area contributed by atoms with Gasteiger partial charge in [-0.25, -0.2) is 19.9 Å². The molecule has 8 nitrogen and oxygen atoms in total. The summed E-state index contributed by atoms with van der Waals surface area (Å²) in [5.74, 6) is 2.54. The van der Waals surface area contributed by atoms with E-state index in [0.29, 0.717) is 41.8 Å². The number of nitrogens with one attached hydrogen (secondary N) is 1. The zero-order valence-electron chi connectivity index (χ0n) is 18.0. The quantitative estimate of drug-likeness (QED) is 0.360. The molecule has 0 radical (unpaired) electrons. The Morgan fingerprint density at radius 3 is 2.39 bits per heavy atom. The minimum absolute atomic E-state index is 0.480. The highest BCUT2D eigenvalue weighted by Crippen LogP contribution is 2.26. The zero-order chi connectivity index (χ0) is 22.5. The van der Waals surface area contributed by atoms with Crippen LogP contribution in [0.4, 0.5) is 5.82 Å². The topological polar surface area (TPSA) is 87.0 Å². The van der Waals surface area contributed by atoms with Gasteiger partial charge in [0, 0.05) is 23.5 Å². The molecule has 3 aromatic heterocycles. The summed E-state index contributed by atoms with van der Waals surface area (Å²) in [5, 5.41) is 3.36. The fourth-order valence-electron chi connectivity index (χ4n) is 3.42. The third kappa shape index (κ3) is 4.45. The Labute approximate surface area is 190 Å². The number of methoxy groups -OCH3 is 1. The van der Waals surface area contributed by atoms with E-state index in [1.54, 1.807) is 25.7 Å². The second-order valence-corrected chi connectivity index (χ2v) is 7.20. The molecule has 0 aliphatic rings. The first-order chi connectivity index (χ1) is 16.3. The van der Waals surface area contributed by atoms with Gasteiger partial charge in [-0.1, -0.05) is 36.4 Å². The van der Waals surface area contributed by atoms with Gasteiger partial charge in [-0.2, -0.15) is 0 Å². The first kappa shape index (κ1) is 20.4. The second-order valence-electron chi connectivity index (χ2n) is 7.20. The van der Waals surface area contributed by atoms with E-state index < -0.39 is 0 Å². The Hall–Kier alpha value is -4.46. The molecule has 0 spiro atoms. The summed E-state index contributed by atoms with van der Waals surface area (Å²) in [5.41, 5.74) is 3.13. The Kier molecular flexibility index (Phi) is 5.79. The minimum Gasteiger partial charge on any atom is -0.492 e. The highest BCUT2D eigenvalue weighted by atomic mass is 16.5. The SMILES string of the molecule is COc1ccc(-c2nc(NCCOc3ccccc3)c3ncn(-c4ccccc4)c3n2)cn1. The monoisotopic (exact) mass is 438 g/mol. The molecular formula is C25H22N6O2. The maximum absolute atomic E-state index is 5.80. The van der Waals surface area contributed by atoms with E-state index in [1.807, 2.05) is 71.3 Å². The van der Waals surface area contributed by atoms with Gasteiger partial charge in [0.25, 0.3) is 0 Å². The number of para-hydroxylation sites is 2. The van der Waals surface area contributed by atoms with Crippen molar-refractivity contribution in [3.63, 3.8) is 0 Å². The largest absolute Gasteiger partial charge is 0.492 e. The Morgan fingerprint density at radius 1 is 0.879 bits per heavy atom. The van der Waals surface area contributed by atoms with Crippen LogP contribution in [0.5, 0.6) is 11.6 Å². The summed E-state index contributed by atoms with van der Waals surface area (Å²) in [6, 6.07) is 23.4. The predicted octanol–water partition coefficient (Wildman–Crippen LogP) is 4.38. The van der Waals surface area contributed by atoms with E-state index in [-0.39, 0.29) is 0 Å². The fraction of sp³-hybridized carbons (Fsp3) is 0.120. The molecule has 5 aromatic rings. The van der Waals surface area contributed by atoms with Crippen molar-refractivity contribution in [2.45, 2.75) is 0 Å². The van der Waals surface area contributed by atoms with E-state index in [4.69, 9.17) is 19.4 Å². The van der Waals surface area contributed by atoms with Crippen LogP contribution in [0.25, 0.3) is 28.2 Å². The van der Waals surface area contributed by atoms with Crippen molar-refractivity contribution >= 4 is 17.0 Å². The van der Waals surface area contributed by atoms with E-state index >= 15 is 0 Å². The van der Waals surface area contributed by atoms with Crippen molar-refractivity contribution in [2.24, 2.45) is 0 Å². The summed E-state index contributed by atoms with van der Waals surface area (Å²) in [6.07, 6.45) is 3.46. The van der Waals surface area contributed by atoms with Crippen LogP contribution in [0, 0.1) is 0 Å². The normalized spacial score (nSPS) is 10.8. The van der Waals surface area contributed by atoms with E-state index in [1.165, 1.54) is 0 Å². The molecule has 8 heteroatoms. The smallest absolute Gasteiger partial charge is 0.212 e. The van der Waals surface area contributed by atoms with Crippen LogP contribution in [-0.2, 0) is 0 Å². The van der Waals surface area contributed by atoms with Crippen LogP contribution in [0.15, 0.2) is 85.3 Å². The standard InChI is InChI=1S/C25H22N6O2/c1-32-21-13-12-18(16-27-21)23-29-24(26-14-15-33-20-10-6-3-7-11-20)22-25(30-23)31(17-28-22)19-8-4-2-5-9-19/h2-13,16-17H,14-15H2,1H3,(H,26,29,30). The van der Waals surface area contributed by atoms with E-state index in [9.17, 15) is 0 Å². The first-order valence-corrected chi connectivity index (χ1v) is 10.5. The third-order valence-electron chi connectivity index (χ3n) is 5.04. The Balaban J connectivity index is 1.48. The number of rotatable bonds is 8. The highest BCUT2D eigenvalue weighted by Gasteiger charge is 2.15. The maximum Gasteiger partial charge on any atom is 0.212 e. The number of benzene rings is 2. The van der Waals surface area contributed by atoms with Crippen molar-refractivity contribution in [1.82, 2.24) is 24.5 Å². The highest BCUT2D eigenvalue weighted by molar-refractivity contribution is 5.86. The van der Waals surface area contributed by atoms with Gasteiger partial charge in [0.15, 0.2) is 22.8 Å². The van der Waals surface area contributed by atoms with Gasteiger partial charge in [-0.15, -0.1) is 0 Å². The molecule has 0 amide bonds. The van der Waals surface area contributed by atoms with Gasteiger partial charge in [0.05, 0.1) is 13.7 Å². The van der Waals surface area contributed by atoms with Gasteiger partial charge < -0.3 is 14.8 Å². The summed E-state index contributed by atoms with van der Waals surface area (Å²) in [7, 11) is 1.59. The van der Waals surface area contributed by atoms with Gasteiger partial charge >= 0.3 is 0 Å². The summed E-state index contributed by atoms with van der Waals surface area (Å²) < 4.78 is 12.9. The molecule has 0 unspecified atom stereocenters. The lowest BCUT2D eigenvalue weighted by Gasteiger charge is -2.11. The molecule has 164 valence electrons. The van der Waals surface area contributed by atoms with Gasteiger partial charge in [0.2, 0.25) is 5.88 Å². The van der Waals surface area contributed by atoms with Crippen LogP contribution in [0.1, 0.15) is 0 Å². The predicted molar refractivity (Wildman–Crippen MR) is 127 cm³/mol. The van der Waals surface area contributed by atoms with E-state index in [0.717, 1.165) is 17.0 Å². The number of anilines is 1. The van der Waals surface area contributed by atoms with Crippen molar-refractivity contribution in [1.29, 1.82) is 0 Å². The summed E-state index contributed by atoms with van der Waals surface area (Å²) in [6.45, 7) is 1.04. The lowest BCUT2D eigenvalue weighted by molar-refractivity contribution is 0.333. The lowest BCUT2D eigenvalue weighted by atomic mass is 10.2. The Morgan fingerprint density at radius 2 is 1.67 bits per heavy atom. The number of nitrogens with zero attached hydrogens (tertiary/aromatic N) is 5. The molecule has 3 heterocycles. The van der Waals surface area contributed by atoms with E-state index in [2.05, 4.69) is 15.3 Å². The molecule has 5 rings (SSSR count). The van der Waals surface area contributed by atoms with Crippen molar-refractivity contribution in [3.8, 4) is 28.7 Å². The first-order valence-electron chi connectivity index (χ1n) is 10.5. The van der Waals surface area contributed by atoms with Crippen LogP contribution < -0.4 is 14.8 Å². The molecule has 33 heavy (non-hydrogen) atoms. The number of hydrogen-bond acceptors (Lipinski definition) is 7. The molecule has 2 aromatic carbocycles.